The number of carboxylic acid groups (broad SMARTS) is 1. The van der Waals surface area contributed by atoms with Gasteiger partial charge in [0.05, 0.1) is 27.8 Å². The van der Waals surface area contributed by atoms with E-state index in [1.165, 1.54) is 28.5 Å². The van der Waals surface area contributed by atoms with Gasteiger partial charge in [-0.2, -0.15) is 4.37 Å². The Morgan fingerprint density at radius 3 is 2.73 bits per heavy atom. The molecule has 0 bridgehead atoms. The van der Waals surface area contributed by atoms with E-state index >= 15 is 0 Å². The van der Waals surface area contributed by atoms with Crippen molar-refractivity contribution in [3.05, 3.63) is 68.3 Å². The smallest absolute Gasteiger partial charge is 0.332 e. The Morgan fingerprint density at radius 1 is 1.27 bits per heavy atom. The first-order chi connectivity index (χ1) is 14.3. The number of pyridine rings is 1. The second-order valence-corrected chi connectivity index (χ2v) is 8.09. The number of aromatic nitrogens is 4. The summed E-state index contributed by atoms with van der Waals surface area (Å²) in [6, 6.07) is 4.45. The number of hydrogen-bond donors (Lipinski definition) is 1. The standard InChI is InChI=1S/C21H20N4O4S/c1-4-15(20(27)28)25-19(26)13-9-22-6-5-16(13)24(21(25)29)10-14-18-12(3)7-11(2)8-17(18)30-23-14/h5-9,15H,4,10H2,1-3H3,(H,27,28)/t15-/m0/s1. The Bertz CT molecular complexity index is 1420. The maximum absolute atomic E-state index is 13.3. The van der Waals surface area contributed by atoms with Gasteiger partial charge in [0, 0.05) is 17.8 Å². The van der Waals surface area contributed by atoms with Gasteiger partial charge in [0.25, 0.3) is 5.56 Å². The van der Waals surface area contributed by atoms with Gasteiger partial charge in [0.15, 0.2) is 0 Å². The number of nitrogens with zero attached hydrogens (tertiary/aromatic N) is 4. The molecule has 4 rings (SSSR count). The van der Waals surface area contributed by atoms with E-state index in [2.05, 4.69) is 15.4 Å². The van der Waals surface area contributed by atoms with E-state index in [1.54, 1.807) is 13.0 Å². The van der Waals surface area contributed by atoms with Crippen LogP contribution in [-0.4, -0.2) is 29.6 Å². The molecule has 0 fully saturated rings. The normalized spacial score (nSPS) is 12.5. The molecule has 0 radical (unpaired) electrons. The zero-order valence-corrected chi connectivity index (χ0v) is 17.6. The number of benzene rings is 1. The van der Waals surface area contributed by atoms with E-state index in [4.69, 9.17) is 0 Å². The zero-order valence-electron chi connectivity index (χ0n) is 16.7. The Hall–Kier alpha value is -3.33. The molecule has 1 N–H and O–H groups in total. The lowest BCUT2D eigenvalue weighted by atomic mass is 10.1. The fraction of sp³-hybridized carbons (Fsp3) is 0.286. The number of aryl methyl sites for hydroxylation is 2. The van der Waals surface area contributed by atoms with E-state index < -0.39 is 23.3 Å². The molecule has 0 saturated carbocycles. The maximum Gasteiger partial charge on any atom is 0.332 e. The van der Waals surface area contributed by atoms with Crippen LogP contribution in [0.25, 0.3) is 21.0 Å². The topological polar surface area (TPSA) is 107 Å². The minimum absolute atomic E-state index is 0.105. The van der Waals surface area contributed by atoms with Crippen molar-refractivity contribution < 1.29 is 9.90 Å². The summed E-state index contributed by atoms with van der Waals surface area (Å²) >= 11 is 1.36. The highest BCUT2D eigenvalue weighted by molar-refractivity contribution is 7.13. The number of fused-ring (bicyclic) bond motifs is 2. The highest BCUT2D eigenvalue weighted by atomic mass is 32.1. The van der Waals surface area contributed by atoms with Gasteiger partial charge in [0.1, 0.15) is 6.04 Å². The van der Waals surface area contributed by atoms with Gasteiger partial charge in [-0.25, -0.2) is 14.2 Å². The van der Waals surface area contributed by atoms with E-state index in [9.17, 15) is 19.5 Å². The minimum Gasteiger partial charge on any atom is -0.480 e. The average molecular weight is 424 g/mol. The largest absolute Gasteiger partial charge is 0.480 e. The molecule has 30 heavy (non-hydrogen) atoms. The van der Waals surface area contributed by atoms with Gasteiger partial charge in [-0.3, -0.25) is 14.3 Å². The Balaban J connectivity index is 2.01. The highest BCUT2D eigenvalue weighted by Crippen LogP contribution is 2.28. The highest BCUT2D eigenvalue weighted by Gasteiger charge is 2.25. The molecule has 0 aliphatic rings. The molecule has 0 saturated heterocycles. The molecule has 3 heterocycles. The summed E-state index contributed by atoms with van der Waals surface area (Å²) < 4.78 is 7.81. The summed E-state index contributed by atoms with van der Waals surface area (Å²) in [5.74, 6) is -1.23. The number of carboxylic acids is 1. The lowest BCUT2D eigenvalue weighted by molar-refractivity contribution is -0.141. The summed E-state index contributed by atoms with van der Waals surface area (Å²) in [6.07, 6.45) is 2.98. The van der Waals surface area contributed by atoms with Gasteiger partial charge < -0.3 is 5.11 Å². The van der Waals surface area contributed by atoms with Crippen molar-refractivity contribution in [1.82, 2.24) is 18.5 Å². The van der Waals surface area contributed by atoms with Crippen LogP contribution in [0.4, 0.5) is 0 Å². The first-order valence-corrected chi connectivity index (χ1v) is 10.3. The van der Waals surface area contributed by atoms with Crippen LogP contribution < -0.4 is 11.2 Å². The molecule has 0 aliphatic heterocycles. The Kier molecular flexibility index (Phi) is 4.98. The molecule has 154 valence electrons. The predicted molar refractivity (Wildman–Crippen MR) is 115 cm³/mol. The monoisotopic (exact) mass is 424 g/mol. The molecule has 0 aliphatic carbocycles. The minimum atomic E-state index is -1.25. The van der Waals surface area contributed by atoms with Crippen LogP contribution in [0.1, 0.15) is 36.2 Å². The van der Waals surface area contributed by atoms with Crippen molar-refractivity contribution >= 4 is 38.5 Å². The molecular formula is C21H20N4O4S. The Morgan fingerprint density at radius 2 is 2.03 bits per heavy atom. The molecule has 0 spiro atoms. The number of carbonyl (C=O) groups is 1. The lowest BCUT2D eigenvalue weighted by Gasteiger charge is -2.17. The van der Waals surface area contributed by atoms with Gasteiger partial charge in [-0.1, -0.05) is 13.0 Å². The summed E-state index contributed by atoms with van der Waals surface area (Å²) in [7, 11) is 0. The summed E-state index contributed by atoms with van der Waals surface area (Å²) in [5, 5.41) is 10.7. The van der Waals surface area contributed by atoms with Crippen LogP contribution in [0.3, 0.4) is 0 Å². The summed E-state index contributed by atoms with van der Waals surface area (Å²) in [6.45, 7) is 5.77. The van der Waals surface area contributed by atoms with Crippen molar-refractivity contribution in [3.8, 4) is 0 Å². The summed E-state index contributed by atoms with van der Waals surface area (Å²) in [5.41, 5.74) is 1.98. The van der Waals surface area contributed by atoms with Crippen LogP contribution in [0, 0.1) is 13.8 Å². The molecule has 3 aromatic heterocycles. The number of aliphatic carboxylic acids is 1. The third-order valence-corrected chi connectivity index (χ3v) is 6.08. The van der Waals surface area contributed by atoms with Crippen molar-refractivity contribution in [1.29, 1.82) is 0 Å². The van der Waals surface area contributed by atoms with Crippen LogP contribution in [-0.2, 0) is 11.3 Å². The first-order valence-electron chi connectivity index (χ1n) is 9.50. The SMILES string of the molecule is CC[C@@H](C(=O)O)n1c(=O)c2cnccc2n(Cc2nsc3cc(C)cc(C)c23)c1=O. The Labute approximate surface area is 175 Å². The fourth-order valence-corrected chi connectivity index (χ4v) is 4.88. The van der Waals surface area contributed by atoms with E-state index in [-0.39, 0.29) is 18.4 Å². The predicted octanol–water partition coefficient (Wildman–Crippen LogP) is 2.87. The molecule has 0 unspecified atom stereocenters. The molecule has 1 atom stereocenters. The maximum atomic E-state index is 13.3. The number of hydrogen-bond acceptors (Lipinski definition) is 6. The van der Waals surface area contributed by atoms with Gasteiger partial charge >= 0.3 is 11.7 Å². The van der Waals surface area contributed by atoms with Crippen molar-refractivity contribution in [3.63, 3.8) is 0 Å². The average Bonchev–Trinajstić information content (AvgIpc) is 3.10. The van der Waals surface area contributed by atoms with E-state index in [0.29, 0.717) is 11.2 Å². The quantitative estimate of drug-likeness (QED) is 0.528. The van der Waals surface area contributed by atoms with Crippen LogP contribution >= 0.6 is 11.5 Å². The molecule has 8 nitrogen and oxygen atoms in total. The molecule has 1 aromatic carbocycles. The van der Waals surface area contributed by atoms with Gasteiger partial charge in [0.2, 0.25) is 0 Å². The van der Waals surface area contributed by atoms with E-state index in [1.807, 2.05) is 19.9 Å². The lowest BCUT2D eigenvalue weighted by Crippen LogP contribution is -2.44. The van der Waals surface area contributed by atoms with Crippen LogP contribution in [0.2, 0.25) is 0 Å². The molecule has 4 aromatic rings. The van der Waals surface area contributed by atoms with Crippen molar-refractivity contribution in [2.45, 2.75) is 39.8 Å². The first kappa shape index (κ1) is 20.0. The van der Waals surface area contributed by atoms with Crippen LogP contribution in [0.5, 0.6) is 0 Å². The van der Waals surface area contributed by atoms with Gasteiger partial charge in [-0.05, 0) is 55.1 Å². The van der Waals surface area contributed by atoms with E-state index in [0.717, 1.165) is 25.8 Å². The second-order valence-electron chi connectivity index (χ2n) is 7.28. The van der Waals surface area contributed by atoms with Crippen molar-refractivity contribution in [2.24, 2.45) is 0 Å². The fourth-order valence-electron chi connectivity index (χ4n) is 3.91. The van der Waals surface area contributed by atoms with Crippen molar-refractivity contribution in [2.75, 3.05) is 0 Å². The van der Waals surface area contributed by atoms with Gasteiger partial charge in [-0.15, -0.1) is 0 Å². The molecule has 9 heteroatoms. The zero-order chi connectivity index (χ0) is 21.6. The van der Waals surface area contributed by atoms with Crippen LogP contribution in [0.15, 0.2) is 40.2 Å². The second kappa shape index (κ2) is 7.49. The number of rotatable bonds is 5. The third-order valence-electron chi connectivity index (χ3n) is 5.25. The summed E-state index contributed by atoms with van der Waals surface area (Å²) in [4.78, 5) is 42.0. The third kappa shape index (κ3) is 3.11. The molecular weight excluding hydrogens is 404 g/mol. The molecule has 0 amide bonds.